The minimum atomic E-state index is -0.712. The highest BCUT2D eigenvalue weighted by Gasteiger charge is 2.21. The van der Waals surface area contributed by atoms with Gasteiger partial charge in [-0.05, 0) is 24.1 Å². The number of hydrogen-bond donors (Lipinski definition) is 2. The highest BCUT2D eigenvalue weighted by atomic mass is 35.5. The smallest absolute Gasteiger partial charge is 0.355 e. The van der Waals surface area contributed by atoms with Crippen molar-refractivity contribution >= 4 is 46.7 Å². The molecular weight excluding hydrogens is 393 g/mol. The maximum atomic E-state index is 12.0. The average molecular weight is 414 g/mol. The van der Waals surface area contributed by atoms with E-state index in [2.05, 4.69) is 15.8 Å². The summed E-state index contributed by atoms with van der Waals surface area (Å²) in [6, 6.07) is 5.29. The number of carbonyl (C=O) groups excluding carboxylic acids is 3. The summed E-state index contributed by atoms with van der Waals surface area (Å²) >= 11 is 12.2. The molecule has 0 spiro atoms. The molecule has 1 atom stereocenters. The van der Waals surface area contributed by atoms with Crippen LogP contribution in [-0.4, -0.2) is 36.6 Å². The summed E-state index contributed by atoms with van der Waals surface area (Å²) in [6.07, 6.45) is 2.11. The molecule has 1 heterocycles. The zero-order valence-electron chi connectivity index (χ0n) is 14.9. The van der Waals surface area contributed by atoms with E-state index >= 15 is 0 Å². The first-order valence-electron chi connectivity index (χ1n) is 8.64. The van der Waals surface area contributed by atoms with E-state index in [1.807, 2.05) is 13.0 Å². The Hall–Kier alpha value is -2.12. The summed E-state index contributed by atoms with van der Waals surface area (Å²) in [5, 5.41) is 7.49. The molecule has 0 saturated heterocycles. The number of nitrogens with zero attached hydrogens (tertiary/aromatic N) is 1. The quantitative estimate of drug-likeness (QED) is 0.640. The van der Waals surface area contributed by atoms with Gasteiger partial charge in [-0.3, -0.25) is 9.59 Å². The van der Waals surface area contributed by atoms with E-state index in [4.69, 9.17) is 27.9 Å². The standard InChI is InChI=1S/C18H21Cl2N3O4/c1-2-3-11(13-5-4-12(19)8-14(13)20)9-21-17(25)10-27-18(26)15-6-7-16(24)23-22-15/h4-5,8,11H,2-3,6-7,9-10H2,1H3,(H,21,25)(H,23,24)/t11-/m0/s1. The van der Waals surface area contributed by atoms with Crippen LogP contribution in [0, 0.1) is 0 Å². The second kappa shape index (κ2) is 10.3. The fraction of sp³-hybridized carbons (Fsp3) is 0.444. The molecule has 0 saturated carbocycles. The van der Waals surface area contributed by atoms with Crippen LogP contribution in [-0.2, 0) is 19.1 Å². The first-order chi connectivity index (χ1) is 12.9. The normalized spacial score (nSPS) is 14.8. The molecule has 0 bridgehead atoms. The number of hydrazone groups is 1. The van der Waals surface area contributed by atoms with Crippen LogP contribution in [0.3, 0.4) is 0 Å². The SMILES string of the molecule is CCC[C@@H](CNC(=O)COC(=O)C1=NNC(=O)CC1)c1ccc(Cl)cc1Cl. The number of ether oxygens (including phenoxy) is 1. The molecule has 1 aliphatic rings. The predicted molar refractivity (Wildman–Crippen MR) is 103 cm³/mol. The van der Waals surface area contributed by atoms with Gasteiger partial charge in [0.25, 0.3) is 5.91 Å². The summed E-state index contributed by atoms with van der Waals surface area (Å²) in [5.41, 5.74) is 3.21. The molecule has 7 nitrogen and oxygen atoms in total. The van der Waals surface area contributed by atoms with Crippen molar-refractivity contribution in [1.82, 2.24) is 10.7 Å². The molecule has 1 aromatic carbocycles. The first-order valence-corrected chi connectivity index (χ1v) is 9.40. The lowest BCUT2D eigenvalue weighted by molar-refractivity contribution is -0.142. The average Bonchev–Trinajstić information content (AvgIpc) is 2.64. The van der Waals surface area contributed by atoms with Crippen molar-refractivity contribution in [1.29, 1.82) is 0 Å². The van der Waals surface area contributed by atoms with E-state index in [-0.39, 0.29) is 30.4 Å². The molecule has 2 N–H and O–H groups in total. The van der Waals surface area contributed by atoms with E-state index < -0.39 is 18.5 Å². The molecule has 0 aromatic heterocycles. The van der Waals surface area contributed by atoms with E-state index in [1.54, 1.807) is 12.1 Å². The molecule has 0 aliphatic carbocycles. The summed E-state index contributed by atoms with van der Waals surface area (Å²) in [7, 11) is 0. The lowest BCUT2D eigenvalue weighted by Crippen LogP contribution is -2.35. The minimum Gasteiger partial charge on any atom is -0.451 e. The highest BCUT2D eigenvalue weighted by molar-refractivity contribution is 6.37. The van der Waals surface area contributed by atoms with Crippen molar-refractivity contribution in [2.75, 3.05) is 13.2 Å². The number of benzene rings is 1. The van der Waals surface area contributed by atoms with Crippen LogP contribution >= 0.6 is 23.2 Å². The van der Waals surface area contributed by atoms with Crippen LogP contribution in [0.25, 0.3) is 0 Å². The molecule has 0 fully saturated rings. The molecule has 1 aromatic rings. The van der Waals surface area contributed by atoms with Crippen LogP contribution in [0.5, 0.6) is 0 Å². The minimum absolute atomic E-state index is 0.0253. The van der Waals surface area contributed by atoms with Gasteiger partial charge in [0, 0.05) is 35.3 Å². The Kier molecular flexibility index (Phi) is 8.06. The molecule has 2 amide bonds. The van der Waals surface area contributed by atoms with Crippen LogP contribution in [0.15, 0.2) is 23.3 Å². The van der Waals surface area contributed by atoms with Gasteiger partial charge in [-0.2, -0.15) is 5.10 Å². The van der Waals surface area contributed by atoms with Gasteiger partial charge in [-0.25, -0.2) is 10.2 Å². The number of hydrogen-bond acceptors (Lipinski definition) is 5. The van der Waals surface area contributed by atoms with Crippen molar-refractivity contribution in [3.8, 4) is 0 Å². The molecule has 27 heavy (non-hydrogen) atoms. The molecule has 146 valence electrons. The Labute approximate surface area is 167 Å². The first kappa shape index (κ1) is 21.2. The highest BCUT2D eigenvalue weighted by Crippen LogP contribution is 2.30. The largest absolute Gasteiger partial charge is 0.451 e. The van der Waals surface area contributed by atoms with Crippen LogP contribution < -0.4 is 10.7 Å². The van der Waals surface area contributed by atoms with Crippen molar-refractivity contribution in [2.45, 2.75) is 38.5 Å². The van der Waals surface area contributed by atoms with Crippen LogP contribution in [0.4, 0.5) is 0 Å². The Balaban J connectivity index is 1.85. The Morgan fingerprint density at radius 1 is 1.33 bits per heavy atom. The van der Waals surface area contributed by atoms with Crippen LogP contribution in [0.2, 0.25) is 10.0 Å². The molecule has 2 rings (SSSR count). The lowest BCUT2D eigenvalue weighted by Gasteiger charge is -2.19. The number of nitrogens with one attached hydrogen (secondary N) is 2. The van der Waals surface area contributed by atoms with Crippen LogP contribution in [0.1, 0.15) is 44.1 Å². The van der Waals surface area contributed by atoms with Crippen molar-refractivity contribution in [3.05, 3.63) is 33.8 Å². The van der Waals surface area contributed by atoms with Gasteiger partial charge >= 0.3 is 5.97 Å². The molecule has 9 heteroatoms. The maximum Gasteiger partial charge on any atom is 0.355 e. The summed E-state index contributed by atoms with van der Waals surface area (Å²) in [5.74, 6) is -1.37. The van der Waals surface area contributed by atoms with E-state index in [9.17, 15) is 14.4 Å². The van der Waals surface area contributed by atoms with Crippen molar-refractivity contribution < 1.29 is 19.1 Å². The zero-order chi connectivity index (χ0) is 19.8. The second-order valence-electron chi connectivity index (χ2n) is 6.13. The monoisotopic (exact) mass is 413 g/mol. The topological polar surface area (TPSA) is 96.9 Å². The lowest BCUT2D eigenvalue weighted by atomic mass is 9.94. The number of halogens is 2. The van der Waals surface area contributed by atoms with E-state index in [0.29, 0.717) is 16.6 Å². The molecule has 0 unspecified atom stereocenters. The third kappa shape index (κ3) is 6.52. The number of carbonyl (C=O) groups is 3. The van der Waals surface area contributed by atoms with Gasteiger partial charge in [0.15, 0.2) is 6.61 Å². The van der Waals surface area contributed by atoms with Gasteiger partial charge in [-0.1, -0.05) is 42.6 Å². The summed E-state index contributed by atoms with van der Waals surface area (Å²) in [6.45, 7) is 1.99. The van der Waals surface area contributed by atoms with Gasteiger partial charge in [-0.15, -0.1) is 0 Å². The fourth-order valence-corrected chi connectivity index (χ4v) is 3.24. The van der Waals surface area contributed by atoms with Crippen molar-refractivity contribution in [3.63, 3.8) is 0 Å². The Morgan fingerprint density at radius 2 is 2.11 bits per heavy atom. The third-order valence-corrected chi connectivity index (χ3v) is 4.62. The molecule has 1 aliphatic heterocycles. The van der Waals surface area contributed by atoms with Gasteiger partial charge in [0.05, 0.1) is 0 Å². The van der Waals surface area contributed by atoms with Gasteiger partial charge in [0.2, 0.25) is 5.91 Å². The predicted octanol–water partition coefficient (Wildman–Crippen LogP) is 2.80. The fourth-order valence-electron chi connectivity index (χ4n) is 2.67. The second-order valence-corrected chi connectivity index (χ2v) is 6.97. The maximum absolute atomic E-state index is 12.0. The van der Waals surface area contributed by atoms with Gasteiger partial charge < -0.3 is 10.1 Å². The number of rotatable bonds is 8. The summed E-state index contributed by atoms with van der Waals surface area (Å²) in [4.78, 5) is 34.9. The third-order valence-electron chi connectivity index (χ3n) is 4.06. The van der Waals surface area contributed by atoms with Gasteiger partial charge in [0.1, 0.15) is 5.71 Å². The van der Waals surface area contributed by atoms with E-state index in [0.717, 1.165) is 18.4 Å². The molecule has 0 radical (unpaired) electrons. The van der Waals surface area contributed by atoms with Crippen molar-refractivity contribution in [2.24, 2.45) is 5.10 Å². The van der Waals surface area contributed by atoms with E-state index in [1.165, 1.54) is 0 Å². The Morgan fingerprint density at radius 3 is 2.74 bits per heavy atom. The number of esters is 1. The summed E-state index contributed by atoms with van der Waals surface area (Å²) < 4.78 is 4.94. The Bertz CT molecular complexity index is 752. The number of amides is 2. The molecular formula is C18H21Cl2N3O4. The zero-order valence-corrected chi connectivity index (χ0v) is 16.4.